The molecule has 0 saturated carbocycles. The van der Waals surface area contributed by atoms with E-state index >= 15 is 0 Å². The van der Waals surface area contributed by atoms with Crippen molar-refractivity contribution in [3.8, 4) is 0 Å². The van der Waals surface area contributed by atoms with Crippen LogP contribution in [0.5, 0.6) is 0 Å². The topological polar surface area (TPSA) is 81.2 Å². The third-order valence-corrected chi connectivity index (χ3v) is 10.3. The fourth-order valence-corrected chi connectivity index (χ4v) is 7.94. The van der Waals surface area contributed by atoms with Crippen LogP contribution in [-0.4, -0.2) is 49.8 Å². The van der Waals surface area contributed by atoms with Crippen LogP contribution in [0.25, 0.3) is 10.8 Å². The molecule has 4 heterocycles. The van der Waals surface area contributed by atoms with Gasteiger partial charge in [-0.2, -0.15) is 0 Å². The zero-order valence-electron chi connectivity index (χ0n) is 25.0. The Labute approximate surface area is 276 Å². The first-order chi connectivity index (χ1) is 22.3. The summed E-state index contributed by atoms with van der Waals surface area (Å²) in [4.78, 5) is 62.9. The number of carbonyl (C=O) groups is 4. The molecule has 0 unspecified atom stereocenters. The van der Waals surface area contributed by atoms with Crippen molar-refractivity contribution in [3.05, 3.63) is 93.0 Å². The van der Waals surface area contributed by atoms with E-state index in [0.29, 0.717) is 11.4 Å². The monoisotopic (exact) mass is 652 g/mol. The summed E-state index contributed by atoms with van der Waals surface area (Å²) in [5.41, 5.74) is 3.21. The van der Waals surface area contributed by atoms with Crippen molar-refractivity contribution in [1.82, 2.24) is 0 Å². The van der Waals surface area contributed by atoms with E-state index < -0.39 is 23.6 Å². The van der Waals surface area contributed by atoms with Gasteiger partial charge in [0.2, 0.25) is 0 Å². The molecule has 0 N–H and O–H groups in total. The minimum absolute atomic E-state index is 0.0209. The van der Waals surface area contributed by atoms with Crippen molar-refractivity contribution in [2.45, 2.75) is 38.5 Å². The van der Waals surface area contributed by atoms with Crippen molar-refractivity contribution in [2.75, 3.05) is 45.8 Å². The molecule has 0 radical (unpaired) electrons. The van der Waals surface area contributed by atoms with Crippen molar-refractivity contribution in [2.24, 2.45) is 0 Å². The molecule has 8 rings (SSSR count). The predicted octanol–water partition coefficient (Wildman–Crippen LogP) is 7.73. The first-order valence-corrected chi connectivity index (χ1v) is 16.6. The fraction of sp³-hybridized carbons (Fsp3) is 0.278. The van der Waals surface area contributed by atoms with E-state index in [1.165, 1.54) is 25.0 Å². The van der Waals surface area contributed by atoms with Gasteiger partial charge < -0.3 is 9.80 Å². The minimum atomic E-state index is -0.622. The third-order valence-electron chi connectivity index (χ3n) is 9.67. The molecule has 0 spiro atoms. The molecule has 0 aromatic heterocycles. The molecular formula is C36H30Cl2N4O4. The van der Waals surface area contributed by atoms with Gasteiger partial charge in [-0.05, 0) is 99.2 Å². The molecule has 4 aromatic rings. The first-order valence-electron chi connectivity index (χ1n) is 15.8. The van der Waals surface area contributed by atoms with Crippen LogP contribution in [0.2, 0.25) is 10.0 Å². The molecule has 0 atom stereocenters. The minimum Gasteiger partial charge on any atom is -0.372 e. The SMILES string of the molecule is O=C1c2cc(Cl)c3c4c(cc(Cl)c(c24)C(=O)N1c1ccc(N2CCCCC2)cc1)C(=O)N(c1ccc(N2CCCCC2)cc1)C3=O. The molecule has 4 aliphatic heterocycles. The van der Waals surface area contributed by atoms with Crippen molar-refractivity contribution < 1.29 is 19.2 Å². The summed E-state index contributed by atoms with van der Waals surface area (Å²) in [5.74, 6) is -2.44. The van der Waals surface area contributed by atoms with Gasteiger partial charge >= 0.3 is 0 Å². The average Bonchev–Trinajstić information content (AvgIpc) is 3.08. The largest absolute Gasteiger partial charge is 0.372 e. The predicted molar refractivity (Wildman–Crippen MR) is 181 cm³/mol. The Morgan fingerprint density at radius 2 is 0.761 bits per heavy atom. The molecule has 2 saturated heterocycles. The van der Waals surface area contributed by atoms with Gasteiger partial charge in [-0.3, -0.25) is 19.2 Å². The van der Waals surface area contributed by atoms with Crippen LogP contribution in [0.3, 0.4) is 0 Å². The number of piperidine rings is 2. The number of rotatable bonds is 4. The molecule has 46 heavy (non-hydrogen) atoms. The lowest BCUT2D eigenvalue weighted by atomic mass is 9.85. The molecule has 4 aliphatic rings. The molecular weight excluding hydrogens is 623 g/mol. The number of imide groups is 2. The number of hydrogen-bond donors (Lipinski definition) is 0. The van der Waals surface area contributed by atoms with Crippen LogP contribution in [0.15, 0.2) is 60.7 Å². The number of benzene rings is 4. The third kappa shape index (κ3) is 4.42. The Bertz CT molecular complexity index is 1820. The summed E-state index contributed by atoms with van der Waals surface area (Å²) in [6.07, 6.45) is 6.94. The van der Waals surface area contributed by atoms with Crippen molar-refractivity contribution in [3.63, 3.8) is 0 Å². The molecule has 10 heteroatoms. The Morgan fingerprint density at radius 3 is 1.11 bits per heavy atom. The number of halogens is 2. The second-order valence-corrected chi connectivity index (χ2v) is 13.1. The number of carbonyl (C=O) groups excluding carboxylic acids is 4. The summed E-state index contributed by atoms with van der Waals surface area (Å²) in [7, 11) is 0. The van der Waals surface area contributed by atoms with Gasteiger partial charge in [0.25, 0.3) is 23.6 Å². The molecule has 2 fully saturated rings. The highest BCUT2D eigenvalue weighted by Gasteiger charge is 2.43. The summed E-state index contributed by atoms with van der Waals surface area (Å²) < 4.78 is 0. The number of amides is 4. The van der Waals surface area contributed by atoms with Crippen LogP contribution in [0, 0.1) is 0 Å². The van der Waals surface area contributed by atoms with Crippen LogP contribution in [-0.2, 0) is 0 Å². The quantitative estimate of drug-likeness (QED) is 0.210. The zero-order valence-corrected chi connectivity index (χ0v) is 26.5. The molecule has 0 bridgehead atoms. The zero-order chi connectivity index (χ0) is 31.7. The highest BCUT2D eigenvalue weighted by Crippen LogP contribution is 2.45. The second-order valence-electron chi connectivity index (χ2n) is 12.3. The maximum Gasteiger partial charge on any atom is 0.267 e. The summed E-state index contributed by atoms with van der Waals surface area (Å²) >= 11 is 13.5. The van der Waals surface area contributed by atoms with E-state index in [1.54, 1.807) is 24.3 Å². The lowest BCUT2D eigenvalue weighted by Crippen LogP contribution is -2.44. The Hall–Kier alpha value is -4.40. The Kier molecular flexibility index (Phi) is 7.03. The van der Waals surface area contributed by atoms with E-state index in [9.17, 15) is 19.2 Å². The summed E-state index contributed by atoms with van der Waals surface area (Å²) in [5, 5.41) is 0.403. The van der Waals surface area contributed by atoms with E-state index in [2.05, 4.69) is 9.80 Å². The molecule has 4 aromatic carbocycles. The van der Waals surface area contributed by atoms with Crippen LogP contribution >= 0.6 is 23.2 Å². The van der Waals surface area contributed by atoms with Crippen molar-refractivity contribution >= 4 is 80.4 Å². The Balaban J connectivity index is 1.19. The van der Waals surface area contributed by atoms with Gasteiger partial charge in [0.15, 0.2) is 0 Å². The van der Waals surface area contributed by atoms with Gasteiger partial charge in [-0.1, -0.05) is 23.2 Å². The normalized spacial score (nSPS) is 18.2. The van der Waals surface area contributed by atoms with Gasteiger partial charge in [0.1, 0.15) is 0 Å². The standard InChI is InChI=1S/C36H30Cl2N4O4/c37-27-20-26-30-29-25(33(43)41(35(45)31(27)29)23-11-7-21(8-12-23)39-15-3-1-4-16-39)19-28(38)32(30)36(46)42(34(26)44)24-13-9-22(10-14-24)40-17-5-2-6-18-40/h7-14,19-20H,1-6,15-18H2. The lowest BCUT2D eigenvalue weighted by Gasteiger charge is -2.33. The van der Waals surface area contributed by atoms with Gasteiger partial charge in [0, 0.05) is 48.3 Å². The highest BCUT2D eigenvalue weighted by molar-refractivity contribution is 6.49. The molecule has 8 nitrogen and oxygen atoms in total. The fourth-order valence-electron chi connectivity index (χ4n) is 7.37. The number of anilines is 4. The molecule has 232 valence electrons. The van der Waals surface area contributed by atoms with Crippen LogP contribution in [0.4, 0.5) is 22.7 Å². The average molecular weight is 654 g/mol. The smallest absolute Gasteiger partial charge is 0.267 e. The van der Waals surface area contributed by atoms with Crippen molar-refractivity contribution in [1.29, 1.82) is 0 Å². The van der Waals surface area contributed by atoms with Gasteiger partial charge in [0.05, 0.1) is 43.7 Å². The van der Waals surface area contributed by atoms with Gasteiger partial charge in [-0.25, -0.2) is 9.80 Å². The maximum absolute atomic E-state index is 14.0. The Morgan fingerprint density at radius 1 is 0.435 bits per heavy atom. The number of hydrogen-bond acceptors (Lipinski definition) is 6. The van der Waals surface area contributed by atoms with E-state index in [-0.39, 0.29) is 43.1 Å². The maximum atomic E-state index is 14.0. The molecule has 0 aliphatic carbocycles. The van der Waals surface area contributed by atoms with E-state index in [4.69, 9.17) is 23.2 Å². The van der Waals surface area contributed by atoms with Crippen LogP contribution < -0.4 is 19.6 Å². The summed E-state index contributed by atoms with van der Waals surface area (Å²) in [6.45, 7) is 3.86. The lowest BCUT2D eigenvalue weighted by molar-refractivity contribution is 0.0873. The van der Waals surface area contributed by atoms with E-state index in [1.807, 2.05) is 24.3 Å². The second kappa shape index (κ2) is 11.1. The van der Waals surface area contributed by atoms with Crippen LogP contribution in [0.1, 0.15) is 80.0 Å². The van der Waals surface area contributed by atoms with Gasteiger partial charge in [-0.15, -0.1) is 0 Å². The highest BCUT2D eigenvalue weighted by atomic mass is 35.5. The van der Waals surface area contributed by atoms with E-state index in [0.717, 1.165) is 73.0 Å². The summed E-state index contributed by atoms with van der Waals surface area (Å²) in [6, 6.07) is 17.5. The molecule has 4 amide bonds. The first kappa shape index (κ1) is 29.0. The number of nitrogens with zero attached hydrogens (tertiary/aromatic N) is 4.